The highest BCUT2D eigenvalue weighted by Crippen LogP contribution is 2.25. The Morgan fingerprint density at radius 3 is 2.29 bits per heavy atom. The lowest BCUT2D eigenvalue weighted by Gasteiger charge is -2.15. The van der Waals surface area contributed by atoms with Crippen LogP contribution in [0.4, 0.5) is 5.69 Å². The van der Waals surface area contributed by atoms with E-state index in [1.165, 1.54) is 30.3 Å². The highest BCUT2D eigenvalue weighted by Gasteiger charge is 2.22. The van der Waals surface area contributed by atoms with E-state index >= 15 is 0 Å². The summed E-state index contributed by atoms with van der Waals surface area (Å²) in [7, 11) is 0. The van der Waals surface area contributed by atoms with Gasteiger partial charge in [0.1, 0.15) is 11.8 Å². The van der Waals surface area contributed by atoms with Crippen LogP contribution in [0.1, 0.15) is 15.9 Å². The molecule has 0 aliphatic rings. The summed E-state index contributed by atoms with van der Waals surface area (Å²) in [5.74, 6) is -2.95. The number of aliphatic carboxylic acids is 1. The molecule has 0 saturated heterocycles. The van der Waals surface area contributed by atoms with E-state index in [1.807, 2.05) is 0 Å². The molecule has 0 saturated carbocycles. The number of nitrogen functional groups attached to an aromatic ring is 1. The lowest BCUT2D eigenvalue weighted by Crippen LogP contribution is -2.42. The van der Waals surface area contributed by atoms with Crippen molar-refractivity contribution in [3.05, 3.63) is 47.5 Å². The number of rotatable bonds is 5. The zero-order valence-corrected chi connectivity index (χ0v) is 12.4. The van der Waals surface area contributed by atoms with Gasteiger partial charge in [-0.1, -0.05) is 6.07 Å². The van der Waals surface area contributed by atoms with Crippen LogP contribution in [-0.2, 0) is 11.2 Å². The minimum absolute atomic E-state index is 0.0569. The summed E-state index contributed by atoms with van der Waals surface area (Å²) in [5.41, 5.74) is 6.02. The number of amides is 1. The Morgan fingerprint density at radius 1 is 1.00 bits per heavy atom. The predicted molar refractivity (Wildman–Crippen MR) is 84.9 cm³/mol. The van der Waals surface area contributed by atoms with Crippen LogP contribution in [-0.4, -0.2) is 38.3 Å². The van der Waals surface area contributed by atoms with Crippen LogP contribution in [0.15, 0.2) is 36.4 Å². The van der Waals surface area contributed by atoms with E-state index in [0.717, 1.165) is 6.07 Å². The molecule has 2 aromatic rings. The molecule has 0 aromatic heterocycles. The van der Waals surface area contributed by atoms with Gasteiger partial charge in [-0.25, -0.2) is 4.79 Å². The van der Waals surface area contributed by atoms with Gasteiger partial charge >= 0.3 is 5.97 Å². The van der Waals surface area contributed by atoms with Crippen molar-refractivity contribution in [3.63, 3.8) is 0 Å². The van der Waals surface area contributed by atoms with E-state index < -0.39 is 17.9 Å². The number of hydrogen-bond acceptors (Lipinski definition) is 6. The van der Waals surface area contributed by atoms with Gasteiger partial charge in [0.15, 0.2) is 11.5 Å². The topological polar surface area (TPSA) is 153 Å². The van der Waals surface area contributed by atoms with Gasteiger partial charge in [0.05, 0.1) is 5.69 Å². The number of carbonyl (C=O) groups is 2. The summed E-state index contributed by atoms with van der Waals surface area (Å²) in [6.45, 7) is 0. The van der Waals surface area contributed by atoms with Crippen LogP contribution in [0.25, 0.3) is 0 Å². The molecule has 7 N–H and O–H groups in total. The van der Waals surface area contributed by atoms with Crippen LogP contribution >= 0.6 is 0 Å². The third-order valence-corrected chi connectivity index (χ3v) is 3.38. The fourth-order valence-electron chi connectivity index (χ4n) is 2.06. The number of hydrogen-bond donors (Lipinski definition) is 6. The average molecular weight is 332 g/mol. The second-order valence-corrected chi connectivity index (χ2v) is 5.17. The Hall–Kier alpha value is -3.42. The van der Waals surface area contributed by atoms with E-state index in [4.69, 9.17) is 5.73 Å². The Labute approximate surface area is 136 Å². The second-order valence-electron chi connectivity index (χ2n) is 5.17. The standard InChI is InChI=1S/C16H16N2O6/c17-10-3-2-9(7-13(10)20)15(22)18-11(16(23)24)5-8-1-4-12(19)14(21)6-8/h1-4,6-7,11,19-21H,5,17H2,(H,18,22)(H,23,24)/t11-/m0/s1. The first-order valence-electron chi connectivity index (χ1n) is 6.91. The fraction of sp³-hybridized carbons (Fsp3) is 0.125. The Kier molecular flexibility index (Phi) is 4.78. The number of aromatic hydroxyl groups is 3. The van der Waals surface area contributed by atoms with E-state index in [-0.39, 0.29) is 34.9 Å². The van der Waals surface area contributed by atoms with Crippen molar-refractivity contribution < 1.29 is 30.0 Å². The van der Waals surface area contributed by atoms with Gasteiger partial charge < -0.3 is 31.5 Å². The maximum Gasteiger partial charge on any atom is 0.326 e. The van der Waals surface area contributed by atoms with Gasteiger partial charge in [-0.3, -0.25) is 4.79 Å². The molecule has 0 aliphatic heterocycles. The quantitative estimate of drug-likeness (QED) is 0.350. The Morgan fingerprint density at radius 2 is 1.71 bits per heavy atom. The van der Waals surface area contributed by atoms with Gasteiger partial charge in [-0.15, -0.1) is 0 Å². The smallest absolute Gasteiger partial charge is 0.326 e. The summed E-state index contributed by atoms with van der Waals surface area (Å²) in [6, 6.07) is 6.44. The lowest BCUT2D eigenvalue weighted by molar-refractivity contribution is -0.139. The minimum atomic E-state index is -1.27. The third-order valence-electron chi connectivity index (χ3n) is 3.38. The van der Waals surface area contributed by atoms with E-state index in [9.17, 15) is 30.0 Å². The van der Waals surface area contributed by atoms with Crippen molar-refractivity contribution in [2.24, 2.45) is 0 Å². The molecule has 0 spiro atoms. The molecule has 0 unspecified atom stereocenters. The predicted octanol–water partition coefficient (Wildman–Crippen LogP) is 0.811. The van der Waals surface area contributed by atoms with Crippen molar-refractivity contribution in [2.45, 2.75) is 12.5 Å². The van der Waals surface area contributed by atoms with Crippen LogP contribution in [0, 0.1) is 0 Å². The SMILES string of the molecule is Nc1ccc(C(=O)N[C@@H](Cc2ccc(O)c(O)c2)C(=O)O)cc1O. The maximum absolute atomic E-state index is 12.1. The van der Waals surface area contributed by atoms with Crippen LogP contribution in [0.2, 0.25) is 0 Å². The van der Waals surface area contributed by atoms with Crippen LogP contribution in [0.3, 0.4) is 0 Å². The monoisotopic (exact) mass is 332 g/mol. The Balaban J connectivity index is 2.15. The van der Waals surface area contributed by atoms with Gasteiger partial charge in [0.25, 0.3) is 5.91 Å². The minimum Gasteiger partial charge on any atom is -0.506 e. The van der Waals surface area contributed by atoms with Crippen molar-refractivity contribution >= 4 is 17.6 Å². The number of phenols is 3. The van der Waals surface area contributed by atoms with Gasteiger partial charge in [0, 0.05) is 12.0 Å². The van der Waals surface area contributed by atoms with Gasteiger partial charge in [-0.2, -0.15) is 0 Å². The van der Waals surface area contributed by atoms with Crippen molar-refractivity contribution in [2.75, 3.05) is 5.73 Å². The van der Waals surface area contributed by atoms with E-state index in [1.54, 1.807) is 0 Å². The first-order chi connectivity index (χ1) is 11.3. The molecule has 24 heavy (non-hydrogen) atoms. The maximum atomic E-state index is 12.1. The third kappa shape index (κ3) is 3.86. The molecule has 0 bridgehead atoms. The molecule has 1 atom stereocenters. The van der Waals surface area contributed by atoms with Gasteiger partial charge in [0.2, 0.25) is 0 Å². The molecule has 2 rings (SSSR count). The molecule has 0 aliphatic carbocycles. The largest absolute Gasteiger partial charge is 0.506 e. The Bertz CT molecular complexity index is 790. The highest BCUT2D eigenvalue weighted by atomic mass is 16.4. The number of carboxylic acid groups (broad SMARTS) is 1. The number of nitrogens with one attached hydrogen (secondary N) is 1. The van der Waals surface area contributed by atoms with E-state index in [2.05, 4.69) is 5.32 Å². The van der Waals surface area contributed by atoms with Crippen molar-refractivity contribution in [1.29, 1.82) is 0 Å². The van der Waals surface area contributed by atoms with Crippen molar-refractivity contribution in [3.8, 4) is 17.2 Å². The first kappa shape index (κ1) is 16.9. The summed E-state index contributed by atoms with van der Waals surface area (Å²) in [5, 5.41) is 39.8. The number of carboxylic acids is 1. The molecule has 8 nitrogen and oxygen atoms in total. The normalized spacial score (nSPS) is 11.7. The number of carbonyl (C=O) groups excluding carboxylic acids is 1. The average Bonchev–Trinajstić information content (AvgIpc) is 2.52. The molecular formula is C16H16N2O6. The zero-order valence-electron chi connectivity index (χ0n) is 12.4. The molecule has 2 aromatic carbocycles. The summed E-state index contributed by atoms with van der Waals surface area (Å²) >= 11 is 0. The van der Waals surface area contributed by atoms with Gasteiger partial charge in [-0.05, 0) is 35.9 Å². The molecule has 1 amide bonds. The zero-order chi connectivity index (χ0) is 17.9. The van der Waals surface area contributed by atoms with E-state index in [0.29, 0.717) is 5.56 Å². The number of anilines is 1. The number of nitrogens with two attached hydrogens (primary N) is 1. The van der Waals surface area contributed by atoms with Crippen LogP contribution < -0.4 is 11.1 Å². The summed E-state index contributed by atoms with van der Waals surface area (Å²) in [4.78, 5) is 23.5. The summed E-state index contributed by atoms with van der Waals surface area (Å²) in [6.07, 6.45) is -0.101. The number of phenolic OH excluding ortho intramolecular Hbond substituents is 3. The highest BCUT2D eigenvalue weighted by molar-refractivity contribution is 5.97. The van der Waals surface area contributed by atoms with Crippen LogP contribution in [0.5, 0.6) is 17.2 Å². The fourth-order valence-corrected chi connectivity index (χ4v) is 2.06. The summed E-state index contributed by atoms with van der Waals surface area (Å²) < 4.78 is 0. The first-order valence-corrected chi connectivity index (χ1v) is 6.91. The molecule has 0 heterocycles. The molecular weight excluding hydrogens is 316 g/mol. The molecule has 8 heteroatoms. The molecule has 126 valence electrons. The van der Waals surface area contributed by atoms with Crippen molar-refractivity contribution in [1.82, 2.24) is 5.32 Å². The lowest BCUT2D eigenvalue weighted by atomic mass is 10.0. The second kappa shape index (κ2) is 6.78. The number of benzene rings is 2. The molecule has 0 radical (unpaired) electrons. The molecule has 0 fully saturated rings.